The molecule has 0 aromatic carbocycles. The number of rotatable bonds is 4. The molecule has 1 aromatic rings. The number of hydrogen-bond acceptors (Lipinski definition) is 5. The molecule has 2 heterocycles. The Labute approximate surface area is 91.7 Å². The molecule has 0 radical (unpaired) electrons. The van der Waals surface area contributed by atoms with Crippen molar-refractivity contribution in [3.05, 3.63) is 5.51 Å². The summed E-state index contributed by atoms with van der Waals surface area (Å²) in [7, 11) is 0. The van der Waals surface area contributed by atoms with E-state index in [9.17, 15) is 4.79 Å². The molecule has 1 aliphatic heterocycles. The number of carbonyl (C=O) groups is 1. The van der Waals surface area contributed by atoms with Crippen LogP contribution in [0.4, 0.5) is 5.13 Å². The van der Waals surface area contributed by atoms with Crippen molar-refractivity contribution < 1.29 is 9.90 Å². The molecular formula is C9H13N3O2S. The Morgan fingerprint density at radius 2 is 2.60 bits per heavy atom. The molecule has 1 aliphatic rings. The van der Waals surface area contributed by atoms with Crippen molar-refractivity contribution in [1.82, 2.24) is 10.2 Å². The van der Waals surface area contributed by atoms with E-state index >= 15 is 0 Å². The average Bonchev–Trinajstić information content (AvgIpc) is 2.85. The molecule has 0 bridgehead atoms. The van der Waals surface area contributed by atoms with E-state index in [0.29, 0.717) is 5.92 Å². The van der Waals surface area contributed by atoms with Crippen LogP contribution in [-0.4, -0.2) is 34.4 Å². The Morgan fingerprint density at radius 3 is 3.27 bits per heavy atom. The summed E-state index contributed by atoms with van der Waals surface area (Å²) in [6.45, 7) is 1.89. The zero-order valence-electron chi connectivity index (χ0n) is 8.30. The molecule has 1 fully saturated rings. The van der Waals surface area contributed by atoms with E-state index in [1.807, 2.05) is 0 Å². The fraction of sp³-hybridized carbons (Fsp3) is 0.667. The van der Waals surface area contributed by atoms with Gasteiger partial charge >= 0.3 is 5.97 Å². The molecule has 0 amide bonds. The molecule has 1 aromatic heterocycles. The molecule has 0 aliphatic carbocycles. The molecule has 0 saturated carbocycles. The van der Waals surface area contributed by atoms with Gasteiger partial charge in [0.15, 0.2) is 0 Å². The van der Waals surface area contributed by atoms with Gasteiger partial charge in [0, 0.05) is 19.5 Å². The van der Waals surface area contributed by atoms with E-state index in [2.05, 4.69) is 15.1 Å². The fourth-order valence-electron chi connectivity index (χ4n) is 1.87. The highest BCUT2D eigenvalue weighted by Gasteiger charge is 2.24. The van der Waals surface area contributed by atoms with Crippen molar-refractivity contribution in [3.8, 4) is 0 Å². The number of aliphatic carboxylic acids is 1. The van der Waals surface area contributed by atoms with Crippen LogP contribution in [0.25, 0.3) is 0 Å². The van der Waals surface area contributed by atoms with Crippen LogP contribution < -0.4 is 4.90 Å². The van der Waals surface area contributed by atoms with Crippen molar-refractivity contribution in [2.45, 2.75) is 19.3 Å². The quantitative estimate of drug-likeness (QED) is 0.838. The van der Waals surface area contributed by atoms with E-state index in [-0.39, 0.29) is 6.42 Å². The molecule has 1 N–H and O–H groups in total. The molecule has 2 rings (SSSR count). The van der Waals surface area contributed by atoms with Crippen LogP contribution in [0, 0.1) is 5.92 Å². The fourth-order valence-corrected chi connectivity index (χ4v) is 2.47. The predicted octanol–water partition coefficient (Wildman–Crippen LogP) is 1.23. The maximum absolute atomic E-state index is 10.4. The molecule has 0 spiro atoms. The van der Waals surface area contributed by atoms with Crippen LogP contribution in [0.2, 0.25) is 0 Å². The van der Waals surface area contributed by atoms with E-state index in [1.54, 1.807) is 5.51 Å². The highest BCUT2D eigenvalue weighted by Crippen LogP contribution is 2.26. The lowest BCUT2D eigenvalue weighted by Gasteiger charge is -2.13. The highest BCUT2D eigenvalue weighted by molar-refractivity contribution is 7.13. The SMILES string of the molecule is O=C(O)CCC1CCN(c2nncs2)C1. The van der Waals surface area contributed by atoms with E-state index in [4.69, 9.17) is 5.11 Å². The van der Waals surface area contributed by atoms with Gasteiger partial charge in [-0.2, -0.15) is 0 Å². The van der Waals surface area contributed by atoms with Gasteiger partial charge in [0.2, 0.25) is 5.13 Å². The lowest BCUT2D eigenvalue weighted by atomic mass is 10.0. The smallest absolute Gasteiger partial charge is 0.303 e. The lowest BCUT2D eigenvalue weighted by Crippen LogP contribution is -2.19. The Morgan fingerprint density at radius 1 is 1.73 bits per heavy atom. The minimum Gasteiger partial charge on any atom is -0.481 e. The maximum Gasteiger partial charge on any atom is 0.303 e. The first kappa shape index (κ1) is 10.4. The van der Waals surface area contributed by atoms with Gasteiger partial charge in [0.1, 0.15) is 5.51 Å². The molecular weight excluding hydrogens is 214 g/mol. The van der Waals surface area contributed by atoms with E-state index < -0.39 is 5.97 Å². The van der Waals surface area contributed by atoms with Gasteiger partial charge in [0.25, 0.3) is 0 Å². The standard InChI is InChI=1S/C9H13N3O2S/c13-8(14)2-1-7-3-4-12(5-7)9-11-10-6-15-9/h6-7H,1-5H2,(H,13,14). The summed E-state index contributed by atoms with van der Waals surface area (Å²) < 4.78 is 0. The van der Waals surface area contributed by atoms with E-state index in [1.165, 1.54) is 11.3 Å². The molecule has 1 atom stereocenters. The monoisotopic (exact) mass is 227 g/mol. The van der Waals surface area contributed by atoms with Crippen molar-refractivity contribution in [2.24, 2.45) is 5.92 Å². The Balaban J connectivity index is 1.82. The van der Waals surface area contributed by atoms with E-state index in [0.717, 1.165) is 31.1 Å². The highest BCUT2D eigenvalue weighted by atomic mass is 32.1. The third-order valence-electron chi connectivity index (χ3n) is 2.67. The minimum absolute atomic E-state index is 0.272. The number of aromatic nitrogens is 2. The molecule has 5 nitrogen and oxygen atoms in total. The minimum atomic E-state index is -0.704. The van der Waals surface area contributed by atoms with Crippen molar-refractivity contribution in [1.29, 1.82) is 0 Å². The number of hydrogen-bond donors (Lipinski definition) is 1. The predicted molar refractivity (Wildman–Crippen MR) is 57.1 cm³/mol. The second kappa shape index (κ2) is 4.57. The normalized spacial score (nSPS) is 20.8. The summed E-state index contributed by atoms with van der Waals surface area (Å²) in [5, 5.41) is 17.3. The second-order valence-corrected chi connectivity index (χ2v) is 4.57. The summed E-state index contributed by atoms with van der Waals surface area (Å²) in [5.74, 6) is -0.214. The van der Waals surface area contributed by atoms with Crippen molar-refractivity contribution in [2.75, 3.05) is 18.0 Å². The maximum atomic E-state index is 10.4. The van der Waals surface area contributed by atoms with Crippen LogP contribution in [-0.2, 0) is 4.79 Å². The molecule has 6 heteroatoms. The number of carboxylic acid groups (broad SMARTS) is 1. The second-order valence-electron chi connectivity index (χ2n) is 3.75. The van der Waals surface area contributed by atoms with Gasteiger partial charge in [-0.25, -0.2) is 0 Å². The van der Waals surface area contributed by atoms with Crippen molar-refractivity contribution in [3.63, 3.8) is 0 Å². The van der Waals surface area contributed by atoms with Crippen LogP contribution in [0.15, 0.2) is 5.51 Å². The number of nitrogens with zero attached hydrogens (tertiary/aromatic N) is 3. The summed E-state index contributed by atoms with van der Waals surface area (Å²) >= 11 is 1.53. The molecule has 82 valence electrons. The van der Waals surface area contributed by atoms with Crippen LogP contribution in [0.5, 0.6) is 0 Å². The Hall–Kier alpha value is -1.17. The van der Waals surface area contributed by atoms with Gasteiger partial charge in [-0.1, -0.05) is 11.3 Å². The first-order valence-electron chi connectivity index (χ1n) is 4.98. The zero-order chi connectivity index (χ0) is 10.7. The Kier molecular flexibility index (Phi) is 3.15. The summed E-state index contributed by atoms with van der Waals surface area (Å²) in [4.78, 5) is 12.6. The Bertz CT molecular complexity index is 328. The number of carboxylic acids is 1. The van der Waals surface area contributed by atoms with Gasteiger partial charge in [-0.15, -0.1) is 10.2 Å². The molecule has 15 heavy (non-hydrogen) atoms. The average molecular weight is 227 g/mol. The summed E-state index contributed by atoms with van der Waals surface area (Å²) in [6, 6.07) is 0. The zero-order valence-corrected chi connectivity index (χ0v) is 9.11. The third kappa shape index (κ3) is 2.65. The summed E-state index contributed by atoms with van der Waals surface area (Å²) in [6.07, 6.45) is 2.10. The van der Waals surface area contributed by atoms with Gasteiger partial charge in [-0.3, -0.25) is 4.79 Å². The lowest BCUT2D eigenvalue weighted by molar-refractivity contribution is -0.137. The van der Waals surface area contributed by atoms with Crippen LogP contribution >= 0.6 is 11.3 Å². The van der Waals surface area contributed by atoms with Gasteiger partial charge in [-0.05, 0) is 18.8 Å². The largest absolute Gasteiger partial charge is 0.481 e. The van der Waals surface area contributed by atoms with Crippen molar-refractivity contribution >= 4 is 22.4 Å². The first-order valence-corrected chi connectivity index (χ1v) is 5.86. The van der Waals surface area contributed by atoms with Crippen LogP contribution in [0.1, 0.15) is 19.3 Å². The summed E-state index contributed by atoms with van der Waals surface area (Å²) in [5.41, 5.74) is 1.72. The van der Waals surface area contributed by atoms with Gasteiger partial charge in [0.05, 0.1) is 0 Å². The van der Waals surface area contributed by atoms with Crippen LogP contribution in [0.3, 0.4) is 0 Å². The topological polar surface area (TPSA) is 66.3 Å². The third-order valence-corrected chi connectivity index (χ3v) is 3.42. The molecule has 1 saturated heterocycles. The molecule has 1 unspecified atom stereocenters. The first-order chi connectivity index (χ1) is 7.25. The van der Waals surface area contributed by atoms with Gasteiger partial charge < -0.3 is 10.0 Å². The number of anilines is 1.